The van der Waals surface area contributed by atoms with Crippen molar-refractivity contribution in [3.8, 4) is 5.75 Å². The van der Waals surface area contributed by atoms with Crippen LogP contribution >= 0.6 is 11.6 Å². The standard InChI is InChI=1S/C17H13ClO4/c18-13-5-1-11(2-6-13)16(19)12-3-7-14(8-4-12)22-15-9-10-21-17(15)20/h1-8,15H,9-10H2. The Morgan fingerprint density at radius 3 is 2.18 bits per heavy atom. The Balaban J connectivity index is 1.72. The molecule has 3 rings (SSSR count). The maximum Gasteiger partial charge on any atom is 0.347 e. The molecule has 112 valence electrons. The molecule has 0 amide bonds. The lowest BCUT2D eigenvalue weighted by Crippen LogP contribution is -2.21. The first-order valence-electron chi connectivity index (χ1n) is 6.87. The van der Waals surface area contributed by atoms with Crippen molar-refractivity contribution in [1.82, 2.24) is 0 Å². The quantitative estimate of drug-likeness (QED) is 0.641. The van der Waals surface area contributed by atoms with Crippen LogP contribution in [0.5, 0.6) is 5.75 Å². The van der Waals surface area contributed by atoms with Crippen LogP contribution in [0.2, 0.25) is 5.02 Å². The molecule has 0 spiro atoms. The van der Waals surface area contributed by atoms with E-state index in [4.69, 9.17) is 21.1 Å². The van der Waals surface area contributed by atoms with E-state index in [9.17, 15) is 9.59 Å². The molecule has 2 aromatic rings. The van der Waals surface area contributed by atoms with Crippen molar-refractivity contribution in [2.75, 3.05) is 6.61 Å². The third-order valence-electron chi connectivity index (χ3n) is 3.39. The van der Waals surface area contributed by atoms with Crippen LogP contribution in [0.1, 0.15) is 22.3 Å². The molecule has 1 saturated heterocycles. The Morgan fingerprint density at radius 1 is 1.05 bits per heavy atom. The SMILES string of the molecule is O=C(c1ccc(Cl)cc1)c1ccc(OC2CCOC2=O)cc1. The molecule has 22 heavy (non-hydrogen) atoms. The molecule has 2 aromatic carbocycles. The van der Waals surface area contributed by atoms with Gasteiger partial charge in [-0.2, -0.15) is 0 Å². The summed E-state index contributed by atoms with van der Waals surface area (Å²) in [7, 11) is 0. The topological polar surface area (TPSA) is 52.6 Å². The summed E-state index contributed by atoms with van der Waals surface area (Å²) < 4.78 is 10.4. The van der Waals surface area contributed by atoms with Crippen LogP contribution < -0.4 is 4.74 Å². The number of ether oxygens (including phenoxy) is 2. The largest absolute Gasteiger partial charge is 0.479 e. The first kappa shape index (κ1) is 14.6. The van der Waals surface area contributed by atoms with Gasteiger partial charge in [0.05, 0.1) is 6.61 Å². The average Bonchev–Trinajstić information content (AvgIpc) is 2.93. The van der Waals surface area contributed by atoms with Gasteiger partial charge in [-0.05, 0) is 48.5 Å². The lowest BCUT2D eigenvalue weighted by Gasteiger charge is -2.10. The Labute approximate surface area is 132 Å². The number of carbonyl (C=O) groups is 2. The van der Waals surface area contributed by atoms with Gasteiger partial charge in [0.25, 0.3) is 0 Å². The van der Waals surface area contributed by atoms with E-state index in [0.29, 0.717) is 34.9 Å². The molecule has 0 radical (unpaired) electrons. The molecule has 4 nitrogen and oxygen atoms in total. The highest BCUT2D eigenvalue weighted by Crippen LogP contribution is 2.20. The maximum absolute atomic E-state index is 12.3. The average molecular weight is 317 g/mol. The van der Waals surface area contributed by atoms with Crippen LogP contribution in [-0.4, -0.2) is 24.5 Å². The van der Waals surface area contributed by atoms with Crippen molar-refractivity contribution in [3.05, 3.63) is 64.7 Å². The second kappa shape index (κ2) is 6.20. The first-order valence-corrected chi connectivity index (χ1v) is 7.25. The number of hydrogen-bond donors (Lipinski definition) is 0. The molecular formula is C17H13ClO4. The van der Waals surface area contributed by atoms with Crippen LogP contribution in [0.25, 0.3) is 0 Å². The second-order valence-corrected chi connectivity index (χ2v) is 5.36. The number of cyclic esters (lactones) is 1. The highest BCUT2D eigenvalue weighted by atomic mass is 35.5. The smallest absolute Gasteiger partial charge is 0.347 e. The molecule has 1 atom stereocenters. The summed E-state index contributed by atoms with van der Waals surface area (Å²) in [5.74, 6) is 0.0984. The number of esters is 1. The molecule has 1 aliphatic rings. The van der Waals surface area contributed by atoms with Gasteiger partial charge in [-0.15, -0.1) is 0 Å². The minimum absolute atomic E-state index is 0.0940. The van der Waals surface area contributed by atoms with E-state index < -0.39 is 6.10 Å². The monoisotopic (exact) mass is 316 g/mol. The van der Waals surface area contributed by atoms with E-state index in [-0.39, 0.29) is 11.8 Å². The lowest BCUT2D eigenvalue weighted by molar-refractivity contribution is -0.143. The van der Waals surface area contributed by atoms with Gasteiger partial charge in [0.2, 0.25) is 0 Å². The molecule has 0 N–H and O–H groups in total. The molecule has 5 heteroatoms. The van der Waals surface area contributed by atoms with Crippen molar-refractivity contribution < 1.29 is 19.1 Å². The summed E-state index contributed by atoms with van der Waals surface area (Å²) in [5, 5.41) is 0.587. The third kappa shape index (κ3) is 3.12. The molecule has 1 aliphatic heterocycles. The van der Waals surface area contributed by atoms with Gasteiger partial charge < -0.3 is 9.47 Å². The number of carbonyl (C=O) groups excluding carboxylic acids is 2. The molecule has 1 fully saturated rings. The van der Waals surface area contributed by atoms with Crippen molar-refractivity contribution >= 4 is 23.4 Å². The summed E-state index contributed by atoms with van der Waals surface area (Å²) in [6.45, 7) is 0.386. The number of ketones is 1. The maximum atomic E-state index is 12.3. The molecule has 0 aliphatic carbocycles. The summed E-state index contributed by atoms with van der Waals surface area (Å²) in [6.07, 6.45) is -0.0117. The van der Waals surface area contributed by atoms with Crippen LogP contribution in [0.4, 0.5) is 0 Å². The summed E-state index contributed by atoms with van der Waals surface area (Å²) in [4.78, 5) is 23.7. The fraction of sp³-hybridized carbons (Fsp3) is 0.176. The van der Waals surface area contributed by atoms with E-state index in [2.05, 4.69) is 0 Å². The summed E-state index contributed by atoms with van der Waals surface area (Å²) in [6, 6.07) is 13.4. The zero-order valence-electron chi connectivity index (χ0n) is 11.6. The number of benzene rings is 2. The normalized spacial score (nSPS) is 17.1. The number of halogens is 1. The molecule has 1 heterocycles. The highest BCUT2D eigenvalue weighted by Gasteiger charge is 2.28. The minimum Gasteiger partial charge on any atom is -0.479 e. The zero-order chi connectivity index (χ0) is 15.5. The predicted molar refractivity (Wildman–Crippen MR) is 81.3 cm³/mol. The fourth-order valence-electron chi connectivity index (χ4n) is 2.20. The third-order valence-corrected chi connectivity index (χ3v) is 3.64. The fourth-order valence-corrected chi connectivity index (χ4v) is 2.33. The summed E-state index contributed by atoms with van der Waals surface area (Å²) >= 11 is 5.81. The molecule has 1 unspecified atom stereocenters. The van der Waals surface area contributed by atoms with Crippen LogP contribution in [0.15, 0.2) is 48.5 Å². The van der Waals surface area contributed by atoms with Gasteiger partial charge in [0.1, 0.15) is 5.75 Å². The van der Waals surface area contributed by atoms with Crippen LogP contribution in [0, 0.1) is 0 Å². The molecular weight excluding hydrogens is 304 g/mol. The van der Waals surface area contributed by atoms with Crippen molar-refractivity contribution in [2.24, 2.45) is 0 Å². The Bertz CT molecular complexity index is 692. The second-order valence-electron chi connectivity index (χ2n) is 4.92. The van der Waals surface area contributed by atoms with Crippen molar-refractivity contribution in [2.45, 2.75) is 12.5 Å². The van der Waals surface area contributed by atoms with Gasteiger partial charge >= 0.3 is 5.97 Å². The summed E-state index contributed by atoms with van der Waals surface area (Å²) in [5.41, 5.74) is 1.11. The van der Waals surface area contributed by atoms with Gasteiger partial charge in [0.15, 0.2) is 11.9 Å². The predicted octanol–water partition coefficient (Wildman–Crippen LogP) is 3.27. The molecule has 0 saturated carbocycles. The number of hydrogen-bond acceptors (Lipinski definition) is 4. The molecule has 0 bridgehead atoms. The zero-order valence-corrected chi connectivity index (χ0v) is 12.4. The van der Waals surface area contributed by atoms with E-state index >= 15 is 0 Å². The highest BCUT2D eigenvalue weighted by molar-refractivity contribution is 6.30. The van der Waals surface area contributed by atoms with Crippen LogP contribution in [0.3, 0.4) is 0 Å². The van der Waals surface area contributed by atoms with Gasteiger partial charge in [-0.25, -0.2) is 4.79 Å². The minimum atomic E-state index is -0.558. The van der Waals surface area contributed by atoms with Gasteiger partial charge in [-0.1, -0.05) is 11.6 Å². The van der Waals surface area contributed by atoms with Crippen LogP contribution in [-0.2, 0) is 9.53 Å². The van der Waals surface area contributed by atoms with Crippen molar-refractivity contribution in [3.63, 3.8) is 0 Å². The number of rotatable bonds is 4. The van der Waals surface area contributed by atoms with Crippen molar-refractivity contribution in [1.29, 1.82) is 0 Å². The Hall–Kier alpha value is -2.33. The Kier molecular flexibility index (Phi) is 4.11. The van der Waals surface area contributed by atoms with E-state index in [1.54, 1.807) is 48.5 Å². The van der Waals surface area contributed by atoms with Gasteiger partial charge in [0, 0.05) is 22.6 Å². The molecule has 0 aromatic heterocycles. The van der Waals surface area contributed by atoms with E-state index in [0.717, 1.165) is 0 Å². The lowest BCUT2D eigenvalue weighted by atomic mass is 10.0. The van der Waals surface area contributed by atoms with E-state index in [1.165, 1.54) is 0 Å². The van der Waals surface area contributed by atoms with E-state index in [1.807, 2.05) is 0 Å². The van der Waals surface area contributed by atoms with Gasteiger partial charge in [-0.3, -0.25) is 4.79 Å². The first-order chi connectivity index (χ1) is 10.6. The Morgan fingerprint density at radius 2 is 1.64 bits per heavy atom.